The van der Waals surface area contributed by atoms with Crippen LogP contribution in [0.2, 0.25) is 0 Å². The number of aromatic amines is 1. The number of fused-ring (bicyclic) bond motifs is 2. The van der Waals surface area contributed by atoms with Crippen molar-refractivity contribution in [2.45, 2.75) is 102 Å². The molecule has 4 heterocycles. The van der Waals surface area contributed by atoms with E-state index in [2.05, 4.69) is 77.7 Å². The predicted octanol–water partition coefficient (Wildman–Crippen LogP) is 3.32. The first-order chi connectivity index (χ1) is 19.5. The largest absolute Gasteiger partial charge is 0.387 e. The van der Waals surface area contributed by atoms with Crippen LogP contribution in [0.5, 0.6) is 0 Å². The number of aliphatic hydroxyl groups is 2. The van der Waals surface area contributed by atoms with Crippen molar-refractivity contribution in [3.63, 3.8) is 0 Å². The molecule has 3 unspecified atom stereocenters. The SMILES string of the molecule is CC(C)N(CC1OC(n2cnc3c(N)ncnc32)[C@H](O)C1O)C1CC(CCc2nc3ccc(C(C)(C)C)cc3[nH]2)C1. The zero-order valence-corrected chi connectivity index (χ0v) is 24.5. The Labute approximate surface area is 240 Å². The fourth-order valence-corrected chi connectivity index (χ4v) is 6.35. The van der Waals surface area contributed by atoms with E-state index in [1.54, 1.807) is 4.57 Å². The number of H-pyrrole nitrogens is 1. The molecule has 11 nitrogen and oxygen atoms in total. The standard InChI is InChI=1S/C30H42N8O3/c1-16(2)37(13-22-25(39)26(40)29(41-22)38-15-34-24-27(31)32-14-33-28(24)38)19-10-17(11-19)6-9-23-35-20-8-7-18(30(3,4)5)12-21(20)36-23/h7-8,12,14-17,19,22,25-26,29,39-40H,6,9-11,13H2,1-5H3,(H,35,36)(H2,31,32,33)/t17?,19?,22?,25?,26-,29?/m1/s1. The molecule has 0 amide bonds. The van der Waals surface area contributed by atoms with Crippen LogP contribution in [0.25, 0.3) is 22.2 Å². The number of aliphatic hydroxyl groups excluding tert-OH is 2. The lowest BCUT2D eigenvalue weighted by molar-refractivity contribution is -0.0620. The molecule has 1 aliphatic heterocycles. The summed E-state index contributed by atoms with van der Waals surface area (Å²) in [6.07, 6.45) is 3.63. The third-order valence-corrected chi connectivity index (χ3v) is 8.92. The molecule has 220 valence electrons. The van der Waals surface area contributed by atoms with Crippen LogP contribution in [0.3, 0.4) is 0 Å². The summed E-state index contributed by atoms with van der Waals surface area (Å²) in [4.78, 5) is 23.3. The van der Waals surface area contributed by atoms with Crippen LogP contribution >= 0.6 is 0 Å². The van der Waals surface area contributed by atoms with E-state index in [4.69, 9.17) is 15.5 Å². The van der Waals surface area contributed by atoms with E-state index in [0.717, 1.165) is 42.5 Å². The van der Waals surface area contributed by atoms with Crippen molar-refractivity contribution in [3.05, 3.63) is 42.2 Å². The Balaban J connectivity index is 1.06. The molecule has 1 aromatic carbocycles. The molecular weight excluding hydrogens is 520 g/mol. The van der Waals surface area contributed by atoms with Crippen LogP contribution < -0.4 is 5.73 Å². The third kappa shape index (κ3) is 5.31. The number of nitrogens with one attached hydrogen (secondary N) is 1. The van der Waals surface area contributed by atoms with Crippen molar-refractivity contribution in [1.82, 2.24) is 34.4 Å². The molecule has 1 saturated carbocycles. The van der Waals surface area contributed by atoms with Gasteiger partial charge in [-0.3, -0.25) is 9.47 Å². The van der Waals surface area contributed by atoms with E-state index >= 15 is 0 Å². The molecule has 0 bridgehead atoms. The summed E-state index contributed by atoms with van der Waals surface area (Å²) in [5.41, 5.74) is 10.4. The first kappa shape index (κ1) is 28.0. The van der Waals surface area contributed by atoms with Gasteiger partial charge in [0.05, 0.1) is 17.4 Å². The van der Waals surface area contributed by atoms with Gasteiger partial charge in [0.1, 0.15) is 36.0 Å². The zero-order valence-electron chi connectivity index (χ0n) is 24.5. The number of rotatable bonds is 8. The average molecular weight is 563 g/mol. The first-order valence-corrected chi connectivity index (χ1v) is 14.7. The summed E-state index contributed by atoms with van der Waals surface area (Å²) in [5.74, 6) is 1.95. The summed E-state index contributed by atoms with van der Waals surface area (Å²) in [6, 6.07) is 7.22. The molecule has 2 fully saturated rings. The van der Waals surface area contributed by atoms with Gasteiger partial charge in [-0.05, 0) is 62.1 Å². The molecule has 41 heavy (non-hydrogen) atoms. The number of nitrogens with two attached hydrogens (primary N) is 1. The van der Waals surface area contributed by atoms with E-state index in [-0.39, 0.29) is 17.3 Å². The Morgan fingerprint density at radius 1 is 1.15 bits per heavy atom. The minimum atomic E-state index is -1.11. The summed E-state index contributed by atoms with van der Waals surface area (Å²) in [5, 5.41) is 21.8. The summed E-state index contributed by atoms with van der Waals surface area (Å²) < 4.78 is 7.86. The van der Waals surface area contributed by atoms with Crippen molar-refractivity contribution in [2.24, 2.45) is 5.92 Å². The smallest absolute Gasteiger partial charge is 0.167 e. The number of hydrogen-bond acceptors (Lipinski definition) is 9. The van der Waals surface area contributed by atoms with Gasteiger partial charge in [0.25, 0.3) is 0 Å². The minimum absolute atomic E-state index is 0.110. The molecule has 4 atom stereocenters. The van der Waals surface area contributed by atoms with Gasteiger partial charge in [-0.2, -0.15) is 0 Å². The lowest BCUT2D eigenvalue weighted by Gasteiger charge is -2.46. The highest BCUT2D eigenvalue weighted by Gasteiger charge is 2.46. The highest BCUT2D eigenvalue weighted by molar-refractivity contribution is 5.81. The van der Waals surface area contributed by atoms with Gasteiger partial charge in [-0.25, -0.2) is 19.9 Å². The van der Waals surface area contributed by atoms with E-state index in [1.165, 1.54) is 18.2 Å². The average Bonchev–Trinajstić information content (AvgIpc) is 3.58. The highest BCUT2D eigenvalue weighted by Crippen LogP contribution is 2.38. The molecular formula is C30H42N8O3. The zero-order chi connectivity index (χ0) is 29.1. The van der Waals surface area contributed by atoms with Crippen LogP contribution in [-0.2, 0) is 16.6 Å². The molecule has 1 saturated heterocycles. The number of nitrogen functional groups attached to an aromatic ring is 1. The van der Waals surface area contributed by atoms with Gasteiger partial charge in [0.2, 0.25) is 0 Å². The molecule has 11 heteroatoms. The van der Waals surface area contributed by atoms with E-state index in [9.17, 15) is 10.2 Å². The lowest BCUT2D eigenvalue weighted by Crippen LogP contribution is -2.52. The highest BCUT2D eigenvalue weighted by atomic mass is 16.6. The van der Waals surface area contributed by atoms with Gasteiger partial charge >= 0.3 is 0 Å². The Morgan fingerprint density at radius 3 is 2.66 bits per heavy atom. The second-order valence-electron chi connectivity index (χ2n) is 13.1. The number of aromatic nitrogens is 6. The van der Waals surface area contributed by atoms with Gasteiger partial charge in [-0.15, -0.1) is 0 Å². The molecule has 6 rings (SSSR count). The second kappa shape index (κ2) is 10.6. The topological polar surface area (TPSA) is 151 Å². The van der Waals surface area contributed by atoms with Crippen LogP contribution in [0.15, 0.2) is 30.9 Å². The van der Waals surface area contributed by atoms with E-state index in [1.807, 2.05) is 0 Å². The predicted molar refractivity (Wildman–Crippen MR) is 157 cm³/mol. The fourth-order valence-electron chi connectivity index (χ4n) is 6.35. The van der Waals surface area contributed by atoms with E-state index < -0.39 is 24.5 Å². The number of nitrogens with zero attached hydrogens (tertiary/aromatic N) is 6. The fraction of sp³-hybridized carbons (Fsp3) is 0.600. The lowest BCUT2D eigenvalue weighted by atomic mass is 9.76. The first-order valence-electron chi connectivity index (χ1n) is 14.7. The number of benzene rings is 1. The Kier molecular flexibility index (Phi) is 7.25. The van der Waals surface area contributed by atoms with Crippen LogP contribution in [0.4, 0.5) is 5.82 Å². The number of imidazole rings is 2. The normalized spacial score (nSPS) is 27.0. The maximum atomic E-state index is 10.9. The van der Waals surface area contributed by atoms with Crippen LogP contribution in [0.1, 0.15) is 71.5 Å². The summed E-state index contributed by atoms with van der Waals surface area (Å²) in [7, 11) is 0. The van der Waals surface area contributed by atoms with Crippen molar-refractivity contribution >= 4 is 28.0 Å². The summed E-state index contributed by atoms with van der Waals surface area (Å²) >= 11 is 0. The van der Waals surface area contributed by atoms with Crippen molar-refractivity contribution < 1.29 is 14.9 Å². The van der Waals surface area contributed by atoms with Crippen LogP contribution in [-0.4, -0.2) is 81.5 Å². The monoisotopic (exact) mass is 562 g/mol. The van der Waals surface area contributed by atoms with Gasteiger partial charge in [-0.1, -0.05) is 26.8 Å². The Hall–Kier alpha value is -3.12. The van der Waals surface area contributed by atoms with Crippen LogP contribution in [0, 0.1) is 5.92 Å². The minimum Gasteiger partial charge on any atom is -0.387 e. The number of aryl methyl sites for hydroxylation is 1. The van der Waals surface area contributed by atoms with Crippen molar-refractivity contribution in [3.8, 4) is 0 Å². The van der Waals surface area contributed by atoms with E-state index in [0.29, 0.717) is 29.7 Å². The molecule has 5 N–H and O–H groups in total. The molecule has 3 aromatic heterocycles. The van der Waals surface area contributed by atoms with Gasteiger partial charge < -0.3 is 25.7 Å². The quantitative estimate of drug-likeness (QED) is 0.253. The van der Waals surface area contributed by atoms with Crippen molar-refractivity contribution in [2.75, 3.05) is 12.3 Å². The molecule has 2 aliphatic rings. The maximum absolute atomic E-state index is 10.9. The number of hydrogen-bond donors (Lipinski definition) is 4. The summed E-state index contributed by atoms with van der Waals surface area (Å²) in [6.45, 7) is 11.6. The number of anilines is 1. The second-order valence-corrected chi connectivity index (χ2v) is 13.1. The Bertz CT molecular complexity index is 1520. The third-order valence-electron chi connectivity index (χ3n) is 8.92. The molecule has 0 radical (unpaired) electrons. The Morgan fingerprint density at radius 2 is 1.93 bits per heavy atom. The number of ether oxygens (including phenoxy) is 1. The molecule has 1 aliphatic carbocycles. The van der Waals surface area contributed by atoms with Gasteiger partial charge in [0.15, 0.2) is 17.7 Å². The maximum Gasteiger partial charge on any atom is 0.167 e. The molecule has 0 spiro atoms. The van der Waals surface area contributed by atoms with Crippen molar-refractivity contribution in [1.29, 1.82) is 0 Å². The van der Waals surface area contributed by atoms with Gasteiger partial charge in [0, 0.05) is 25.0 Å². The molecule has 4 aromatic rings.